The minimum Gasteiger partial charge on any atom is -0.287 e. The number of carbonyl (C=O) groups is 1. The molecule has 0 spiro atoms. The van der Waals surface area contributed by atoms with E-state index in [0.717, 1.165) is 23.3 Å². The highest BCUT2D eigenvalue weighted by molar-refractivity contribution is 6.08. The fourth-order valence-corrected chi connectivity index (χ4v) is 1.81. The molecule has 0 fully saturated rings. The Hall–Kier alpha value is -2.17. The van der Waals surface area contributed by atoms with E-state index in [9.17, 15) is 18.0 Å². The van der Waals surface area contributed by atoms with Gasteiger partial charge in [0.1, 0.15) is 5.69 Å². The monoisotopic (exact) mass is 279 g/mol. The zero-order valence-electron chi connectivity index (χ0n) is 11.0. The summed E-state index contributed by atoms with van der Waals surface area (Å²) in [5.74, 6) is -0.375. The maximum absolute atomic E-state index is 12.4. The van der Waals surface area contributed by atoms with E-state index in [0.29, 0.717) is 11.8 Å². The number of hydrogen-bond acceptors (Lipinski definition) is 2. The molecule has 2 aromatic rings. The summed E-state index contributed by atoms with van der Waals surface area (Å²) in [5.41, 5.74) is 1.27. The topological polar surface area (TPSA) is 30.0 Å². The fourth-order valence-electron chi connectivity index (χ4n) is 1.81. The van der Waals surface area contributed by atoms with Crippen molar-refractivity contribution in [3.63, 3.8) is 0 Å². The molecule has 20 heavy (non-hydrogen) atoms. The molecule has 0 radical (unpaired) electrons. The highest BCUT2D eigenvalue weighted by Gasteiger charge is 2.31. The summed E-state index contributed by atoms with van der Waals surface area (Å²) in [5, 5.41) is 0. The number of pyridine rings is 1. The Morgan fingerprint density at radius 3 is 2.35 bits per heavy atom. The standard InChI is InChI=1S/C15H12F3NO/c1-9-3-4-10(2)12(7-9)14(20)13-6-5-11(8-19-13)15(16,17)18/h3-8H,1-2H3. The van der Waals surface area contributed by atoms with Crippen molar-refractivity contribution in [2.75, 3.05) is 0 Å². The molecule has 0 atom stereocenters. The molecule has 0 aliphatic rings. The lowest BCUT2D eigenvalue weighted by Gasteiger charge is -2.08. The molecular weight excluding hydrogens is 267 g/mol. The van der Waals surface area contributed by atoms with Crippen molar-refractivity contribution in [2.45, 2.75) is 20.0 Å². The number of alkyl halides is 3. The lowest BCUT2D eigenvalue weighted by molar-refractivity contribution is -0.137. The van der Waals surface area contributed by atoms with Crippen molar-refractivity contribution >= 4 is 5.78 Å². The number of rotatable bonds is 2. The Morgan fingerprint density at radius 1 is 1.10 bits per heavy atom. The smallest absolute Gasteiger partial charge is 0.287 e. The van der Waals surface area contributed by atoms with Gasteiger partial charge in [-0.15, -0.1) is 0 Å². The van der Waals surface area contributed by atoms with Crippen LogP contribution < -0.4 is 0 Å². The van der Waals surface area contributed by atoms with Crippen molar-refractivity contribution in [2.24, 2.45) is 0 Å². The minimum atomic E-state index is -4.45. The zero-order valence-corrected chi connectivity index (χ0v) is 11.0. The van der Waals surface area contributed by atoms with Crippen molar-refractivity contribution in [3.8, 4) is 0 Å². The lowest BCUT2D eigenvalue weighted by Crippen LogP contribution is -2.10. The van der Waals surface area contributed by atoms with Crippen LogP contribution in [-0.4, -0.2) is 10.8 Å². The summed E-state index contributed by atoms with van der Waals surface area (Å²) in [4.78, 5) is 15.9. The Labute approximate surface area is 114 Å². The van der Waals surface area contributed by atoms with Crippen LogP contribution >= 0.6 is 0 Å². The van der Waals surface area contributed by atoms with Crippen molar-refractivity contribution < 1.29 is 18.0 Å². The van der Waals surface area contributed by atoms with Crippen molar-refractivity contribution in [1.29, 1.82) is 0 Å². The first-order valence-electron chi connectivity index (χ1n) is 5.94. The number of halogens is 3. The number of aromatic nitrogens is 1. The van der Waals surface area contributed by atoms with Crippen LogP contribution in [0.2, 0.25) is 0 Å². The van der Waals surface area contributed by atoms with E-state index in [1.54, 1.807) is 19.1 Å². The molecule has 0 saturated heterocycles. The van der Waals surface area contributed by atoms with Gasteiger partial charge < -0.3 is 0 Å². The van der Waals surface area contributed by atoms with Gasteiger partial charge in [-0.2, -0.15) is 13.2 Å². The summed E-state index contributed by atoms with van der Waals surface area (Å²) in [6, 6.07) is 7.34. The van der Waals surface area contributed by atoms with E-state index >= 15 is 0 Å². The second-order valence-corrected chi connectivity index (χ2v) is 4.58. The SMILES string of the molecule is Cc1ccc(C)c(C(=O)c2ccc(C(F)(F)F)cn2)c1. The molecule has 0 aliphatic carbocycles. The summed E-state index contributed by atoms with van der Waals surface area (Å²) in [6.07, 6.45) is -3.77. The largest absolute Gasteiger partial charge is 0.417 e. The van der Waals surface area contributed by atoms with Gasteiger partial charge in [-0.25, -0.2) is 0 Å². The maximum Gasteiger partial charge on any atom is 0.417 e. The van der Waals surface area contributed by atoms with Gasteiger partial charge in [-0.1, -0.05) is 17.7 Å². The van der Waals surface area contributed by atoms with Gasteiger partial charge in [0.25, 0.3) is 0 Å². The van der Waals surface area contributed by atoms with Crippen LogP contribution in [0.15, 0.2) is 36.5 Å². The van der Waals surface area contributed by atoms with Crippen LogP contribution in [-0.2, 0) is 6.18 Å². The average Bonchev–Trinajstić information content (AvgIpc) is 2.40. The molecule has 0 aliphatic heterocycles. The molecule has 2 nitrogen and oxygen atoms in total. The number of carbonyl (C=O) groups excluding carboxylic acids is 1. The first-order chi connectivity index (χ1) is 9.29. The summed E-state index contributed by atoms with van der Waals surface area (Å²) < 4.78 is 37.3. The Kier molecular flexibility index (Phi) is 3.61. The number of nitrogens with zero attached hydrogens (tertiary/aromatic N) is 1. The van der Waals surface area contributed by atoms with Gasteiger partial charge in [0.05, 0.1) is 5.56 Å². The van der Waals surface area contributed by atoms with Crippen LogP contribution in [0.5, 0.6) is 0 Å². The molecule has 0 amide bonds. The molecule has 1 heterocycles. The van der Waals surface area contributed by atoms with Crippen LogP contribution in [0.25, 0.3) is 0 Å². The Morgan fingerprint density at radius 2 is 1.80 bits per heavy atom. The van der Waals surface area contributed by atoms with Gasteiger partial charge in [-0.3, -0.25) is 9.78 Å². The number of hydrogen-bond donors (Lipinski definition) is 0. The molecule has 1 aromatic carbocycles. The maximum atomic E-state index is 12.4. The molecule has 1 aromatic heterocycles. The molecule has 0 N–H and O–H groups in total. The zero-order chi connectivity index (χ0) is 14.9. The van der Waals surface area contributed by atoms with E-state index in [-0.39, 0.29) is 11.5 Å². The normalized spacial score (nSPS) is 11.4. The predicted octanol–water partition coefficient (Wildman–Crippen LogP) is 3.95. The van der Waals surface area contributed by atoms with E-state index in [2.05, 4.69) is 4.98 Å². The lowest BCUT2D eigenvalue weighted by atomic mass is 10.00. The average molecular weight is 279 g/mol. The second kappa shape index (κ2) is 5.07. The van der Waals surface area contributed by atoms with Crippen molar-refractivity contribution in [3.05, 3.63) is 64.5 Å². The molecule has 0 bridgehead atoms. The highest BCUT2D eigenvalue weighted by Crippen LogP contribution is 2.28. The summed E-state index contributed by atoms with van der Waals surface area (Å²) in [7, 11) is 0. The number of benzene rings is 1. The fraction of sp³-hybridized carbons (Fsp3) is 0.200. The Balaban J connectivity index is 2.37. The van der Waals surface area contributed by atoms with Gasteiger partial charge in [0.15, 0.2) is 0 Å². The third kappa shape index (κ3) is 2.87. The molecule has 5 heteroatoms. The highest BCUT2D eigenvalue weighted by atomic mass is 19.4. The van der Waals surface area contributed by atoms with E-state index in [4.69, 9.17) is 0 Å². The third-order valence-corrected chi connectivity index (χ3v) is 2.96. The molecule has 2 rings (SSSR count). The van der Waals surface area contributed by atoms with Crippen LogP contribution in [0, 0.1) is 13.8 Å². The predicted molar refractivity (Wildman–Crippen MR) is 68.6 cm³/mol. The van der Waals surface area contributed by atoms with Gasteiger partial charge in [-0.05, 0) is 37.6 Å². The molecule has 0 saturated carbocycles. The van der Waals surface area contributed by atoms with E-state index in [1.807, 2.05) is 13.0 Å². The second-order valence-electron chi connectivity index (χ2n) is 4.58. The van der Waals surface area contributed by atoms with Gasteiger partial charge in [0, 0.05) is 11.8 Å². The quantitative estimate of drug-likeness (QED) is 0.779. The van der Waals surface area contributed by atoms with Crippen molar-refractivity contribution in [1.82, 2.24) is 4.98 Å². The molecular formula is C15H12F3NO. The van der Waals surface area contributed by atoms with Gasteiger partial charge in [0.2, 0.25) is 5.78 Å². The Bertz CT molecular complexity index is 645. The number of aryl methyl sites for hydroxylation is 2. The third-order valence-electron chi connectivity index (χ3n) is 2.96. The molecule has 104 valence electrons. The first-order valence-corrected chi connectivity index (χ1v) is 5.94. The summed E-state index contributed by atoms with van der Waals surface area (Å²) >= 11 is 0. The first kappa shape index (κ1) is 14.2. The van der Waals surface area contributed by atoms with Crippen LogP contribution in [0.1, 0.15) is 32.7 Å². The van der Waals surface area contributed by atoms with E-state index in [1.165, 1.54) is 0 Å². The number of ketones is 1. The van der Waals surface area contributed by atoms with E-state index < -0.39 is 11.7 Å². The van der Waals surface area contributed by atoms with Crippen LogP contribution in [0.3, 0.4) is 0 Å². The van der Waals surface area contributed by atoms with Crippen LogP contribution in [0.4, 0.5) is 13.2 Å². The molecule has 0 unspecified atom stereocenters. The minimum absolute atomic E-state index is 0.00620. The summed E-state index contributed by atoms with van der Waals surface area (Å²) in [6.45, 7) is 3.62. The van der Waals surface area contributed by atoms with Gasteiger partial charge >= 0.3 is 6.18 Å².